The van der Waals surface area contributed by atoms with E-state index < -0.39 is 0 Å². The van der Waals surface area contributed by atoms with Crippen LogP contribution in [-0.4, -0.2) is 14.2 Å². The Morgan fingerprint density at radius 1 is 0.941 bits per heavy atom. The van der Waals surface area contributed by atoms with Crippen molar-refractivity contribution in [1.29, 1.82) is 0 Å². The minimum Gasteiger partial charge on any atom is -0.496 e. The van der Waals surface area contributed by atoms with Gasteiger partial charge in [0.25, 0.3) is 0 Å². The van der Waals surface area contributed by atoms with Crippen LogP contribution in [0.3, 0.4) is 0 Å². The van der Waals surface area contributed by atoms with E-state index in [1.807, 2.05) is 36.4 Å². The van der Waals surface area contributed by atoms with E-state index in [9.17, 15) is 0 Å². The predicted molar refractivity (Wildman–Crippen MR) is 70.9 cm³/mol. The molecule has 0 fully saturated rings. The molecule has 17 heavy (non-hydrogen) atoms. The lowest BCUT2D eigenvalue weighted by atomic mass is 10.2. The van der Waals surface area contributed by atoms with Crippen LogP contribution in [0.5, 0.6) is 5.75 Å². The largest absolute Gasteiger partial charge is 0.496 e. The van der Waals surface area contributed by atoms with Gasteiger partial charge in [-0.05, 0) is 12.1 Å². The molecule has 1 radical (unpaired) electrons. The highest BCUT2D eigenvalue weighted by Gasteiger charge is 2.15. The fourth-order valence-electron chi connectivity index (χ4n) is 1.86. The van der Waals surface area contributed by atoms with Gasteiger partial charge in [-0.15, -0.1) is 4.90 Å². The molecule has 0 aliphatic rings. The first kappa shape index (κ1) is 11.7. The minimum atomic E-state index is 0.841. The molecule has 87 valence electrons. The normalized spacial score (nSPS) is 10.5. The van der Waals surface area contributed by atoms with Gasteiger partial charge in [-0.2, -0.15) is 0 Å². The number of hydrogen-bond donors (Lipinski definition) is 0. The lowest BCUT2D eigenvalue weighted by Crippen LogP contribution is -2.18. The summed E-state index contributed by atoms with van der Waals surface area (Å²) < 4.78 is 5.36. The summed E-state index contributed by atoms with van der Waals surface area (Å²) in [5, 5.41) is 0. The molecule has 0 bridgehead atoms. The van der Waals surface area contributed by atoms with Crippen LogP contribution in [0.15, 0.2) is 54.6 Å². The van der Waals surface area contributed by atoms with E-state index in [1.165, 1.54) is 11.3 Å². The van der Waals surface area contributed by atoms with E-state index in [0.29, 0.717) is 0 Å². The zero-order chi connectivity index (χ0) is 12.1. The van der Waals surface area contributed by atoms with Gasteiger partial charge in [0.2, 0.25) is 0 Å². The smallest absolute Gasteiger partial charge is 0.180 e. The topological polar surface area (TPSA) is 15.1 Å². The summed E-state index contributed by atoms with van der Waals surface area (Å²) in [7, 11) is 3.79. The number of rotatable bonds is 4. The van der Waals surface area contributed by atoms with Crippen molar-refractivity contribution in [2.45, 2.75) is 6.54 Å². The summed E-state index contributed by atoms with van der Waals surface area (Å²) in [6, 6.07) is 18.5. The van der Waals surface area contributed by atoms with E-state index in [0.717, 1.165) is 12.3 Å². The van der Waals surface area contributed by atoms with Crippen LogP contribution in [0.1, 0.15) is 5.56 Å². The zero-order valence-corrected chi connectivity index (χ0v) is 10.3. The first-order chi connectivity index (χ1) is 8.31. The molecule has 0 heterocycles. The van der Waals surface area contributed by atoms with Crippen molar-refractivity contribution in [2.75, 3.05) is 14.2 Å². The summed E-state index contributed by atoms with van der Waals surface area (Å²) in [4.78, 5) is 2.21. The highest BCUT2D eigenvalue weighted by Crippen LogP contribution is 2.21. The molecule has 0 aromatic heterocycles. The number of benzene rings is 2. The van der Waals surface area contributed by atoms with Gasteiger partial charge in [0.15, 0.2) is 12.2 Å². The van der Waals surface area contributed by atoms with Crippen molar-refractivity contribution in [3.05, 3.63) is 60.2 Å². The van der Waals surface area contributed by atoms with Gasteiger partial charge in [-0.1, -0.05) is 30.3 Å². The molecule has 0 saturated carbocycles. The maximum absolute atomic E-state index is 5.36. The average Bonchev–Trinajstić information content (AvgIpc) is 2.40. The van der Waals surface area contributed by atoms with Crippen LogP contribution < -0.4 is 9.64 Å². The van der Waals surface area contributed by atoms with Gasteiger partial charge in [0.05, 0.1) is 12.7 Å². The molecular formula is C15H17NO+. The zero-order valence-electron chi connectivity index (χ0n) is 10.3. The number of nitrogens with zero attached hydrogens (tertiary/aromatic N) is 1. The molecule has 0 amide bonds. The van der Waals surface area contributed by atoms with E-state index in [1.54, 1.807) is 7.11 Å². The number of hydrogen-bond acceptors (Lipinski definition) is 2. The van der Waals surface area contributed by atoms with E-state index in [-0.39, 0.29) is 0 Å². The molecule has 2 nitrogen and oxygen atoms in total. The van der Waals surface area contributed by atoms with Crippen LogP contribution in [0, 0.1) is 0 Å². The molecule has 2 rings (SSSR count). The monoisotopic (exact) mass is 227 g/mol. The summed E-state index contributed by atoms with van der Waals surface area (Å²) in [5.74, 6) is 0.940. The number of para-hydroxylation sites is 2. The highest BCUT2D eigenvalue weighted by atomic mass is 16.5. The maximum Gasteiger partial charge on any atom is 0.180 e. The Hall–Kier alpha value is -1.80. The third-order valence-electron chi connectivity index (χ3n) is 2.80. The Kier molecular flexibility index (Phi) is 3.78. The molecule has 0 N–H and O–H groups in total. The van der Waals surface area contributed by atoms with E-state index >= 15 is 0 Å². The van der Waals surface area contributed by atoms with Crippen LogP contribution >= 0.6 is 0 Å². The second-order valence-corrected chi connectivity index (χ2v) is 4.00. The van der Waals surface area contributed by atoms with Gasteiger partial charge in [-0.3, -0.25) is 0 Å². The van der Waals surface area contributed by atoms with Crippen molar-refractivity contribution in [2.24, 2.45) is 0 Å². The lowest BCUT2D eigenvalue weighted by molar-refractivity contribution is 0.405. The van der Waals surface area contributed by atoms with Crippen LogP contribution in [0.2, 0.25) is 0 Å². The second-order valence-electron chi connectivity index (χ2n) is 4.00. The molecule has 2 aromatic carbocycles. The van der Waals surface area contributed by atoms with E-state index in [2.05, 4.69) is 30.1 Å². The van der Waals surface area contributed by atoms with Crippen molar-refractivity contribution in [3.8, 4) is 5.75 Å². The summed E-state index contributed by atoms with van der Waals surface area (Å²) in [5.41, 5.74) is 2.40. The molecule has 0 spiro atoms. The van der Waals surface area contributed by atoms with Gasteiger partial charge in [-0.25, -0.2) is 0 Å². The van der Waals surface area contributed by atoms with Gasteiger partial charge in [0, 0.05) is 12.1 Å². The fraction of sp³-hybridized carbons (Fsp3) is 0.200. The number of ether oxygens (including phenoxy) is 1. The third kappa shape index (κ3) is 2.86. The molecule has 0 aliphatic carbocycles. The number of methoxy groups -OCH3 is 1. The van der Waals surface area contributed by atoms with E-state index in [4.69, 9.17) is 4.74 Å². The predicted octanol–water partition coefficient (Wildman–Crippen LogP) is 3.30. The standard InChI is InChI=1S/C15H17NO/c1-16(14-9-4-3-5-10-14)12-13-8-6-7-11-15(13)17-2/h3-11H,12H2,1-2H3/q+1. The van der Waals surface area contributed by atoms with Crippen LogP contribution in [0.25, 0.3) is 0 Å². The van der Waals surface area contributed by atoms with Crippen molar-refractivity contribution < 1.29 is 4.74 Å². The lowest BCUT2D eigenvalue weighted by Gasteiger charge is -2.09. The Bertz CT molecular complexity index is 467. The molecule has 0 atom stereocenters. The Morgan fingerprint density at radius 3 is 2.29 bits per heavy atom. The third-order valence-corrected chi connectivity index (χ3v) is 2.80. The number of anilines is 1. The first-order valence-electron chi connectivity index (χ1n) is 5.69. The Morgan fingerprint density at radius 2 is 1.59 bits per heavy atom. The quantitative estimate of drug-likeness (QED) is 0.731. The molecule has 2 aromatic rings. The van der Waals surface area contributed by atoms with Gasteiger partial charge in [0.1, 0.15) is 12.8 Å². The molecule has 0 saturated heterocycles. The second kappa shape index (κ2) is 5.51. The summed E-state index contributed by atoms with van der Waals surface area (Å²) in [6.07, 6.45) is 0. The van der Waals surface area contributed by atoms with Crippen molar-refractivity contribution >= 4 is 5.69 Å². The SMILES string of the molecule is COc1ccccc1C[N+](C)c1ccccc1. The van der Waals surface area contributed by atoms with Gasteiger partial charge < -0.3 is 4.74 Å². The first-order valence-corrected chi connectivity index (χ1v) is 5.69. The molecule has 0 unspecified atom stereocenters. The van der Waals surface area contributed by atoms with Gasteiger partial charge >= 0.3 is 0 Å². The van der Waals surface area contributed by atoms with Crippen molar-refractivity contribution in [1.82, 2.24) is 4.90 Å². The van der Waals surface area contributed by atoms with Crippen molar-refractivity contribution in [3.63, 3.8) is 0 Å². The highest BCUT2D eigenvalue weighted by molar-refractivity contribution is 5.40. The van der Waals surface area contributed by atoms with Crippen LogP contribution in [-0.2, 0) is 6.54 Å². The molecule has 0 aliphatic heterocycles. The van der Waals surface area contributed by atoms with Crippen LogP contribution in [0.4, 0.5) is 5.69 Å². The fourth-order valence-corrected chi connectivity index (χ4v) is 1.86. The molecule has 2 heteroatoms. The summed E-state index contributed by atoms with van der Waals surface area (Å²) >= 11 is 0. The maximum atomic E-state index is 5.36. The minimum absolute atomic E-state index is 0.841. The summed E-state index contributed by atoms with van der Waals surface area (Å²) in [6.45, 7) is 0.841. The Balaban J connectivity index is 2.16. The average molecular weight is 227 g/mol. The molecular weight excluding hydrogens is 210 g/mol. The Labute approximate surface area is 102 Å².